The van der Waals surface area contributed by atoms with Crippen molar-refractivity contribution in [3.8, 4) is 6.07 Å². The van der Waals surface area contributed by atoms with Gasteiger partial charge in [0.05, 0.1) is 12.5 Å². The molecule has 2 N–H and O–H groups in total. The Hall–Kier alpha value is -1.76. The molecule has 1 aromatic heterocycles. The standard InChI is InChI=1S/C9H10N2O2/c1-5-7(3-4-10)6(2)11-8(5)9(12)13/h11H,3H2,1-2H3,(H,12,13). The van der Waals surface area contributed by atoms with Gasteiger partial charge < -0.3 is 10.1 Å². The molecule has 0 fully saturated rings. The number of aromatic amines is 1. The van der Waals surface area contributed by atoms with Crippen LogP contribution in [0, 0.1) is 25.2 Å². The fourth-order valence-electron chi connectivity index (χ4n) is 1.35. The van der Waals surface area contributed by atoms with E-state index in [1.165, 1.54) is 0 Å². The first kappa shape index (κ1) is 9.33. The molecule has 68 valence electrons. The fourth-order valence-corrected chi connectivity index (χ4v) is 1.35. The highest BCUT2D eigenvalue weighted by Gasteiger charge is 2.15. The molecule has 0 aliphatic heterocycles. The van der Waals surface area contributed by atoms with Crippen molar-refractivity contribution in [3.05, 3.63) is 22.5 Å². The van der Waals surface area contributed by atoms with Crippen molar-refractivity contribution in [2.24, 2.45) is 0 Å². The summed E-state index contributed by atoms with van der Waals surface area (Å²) in [5.74, 6) is -0.982. The summed E-state index contributed by atoms with van der Waals surface area (Å²) in [5.41, 5.74) is 2.39. The maximum Gasteiger partial charge on any atom is 0.352 e. The summed E-state index contributed by atoms with van der Waals surface area (Å²) in [5, 5.41) is 17.3. The minimum absolute atomic E-state index is 0.183. The van der Waals surface area contributed by atoms with Gasteiger partial charge in [0, 0.05) is 5.69 Å². The van der Waals surface area contributed by atoms with E-state index in [-0.39, 0.29) is 12.1 Å². The van der Waals surface area contributed by atoms with Crippen molar-refractivity contribution in [1.82, 2.24) is 4.98 Å². The molecule has 13 heavy (non-hydrogen) atoms. The molecule has 0 spiro atoms. The molecule has 1 rings (SSSR count). The second-order valence-corrected chi connectivity index (χ2v) is 2.87. The molecule has 4 heteroatoms. The van der Waals surface area contributed by atoms with E-state index in [1.807, 2.05) is 6.07 Å². The minimum Gasteiger partial charge on any atom is -0.477 e. The summed E-state index contributed by atoms with van der Waals surface area (Å²) in [7, 11) is 0. The molecule has 0 aromatic carbocycles. The predicted molar refractivity (Wildman–Crippen MR) is 46.5 cm³/mol. The van der Waals surface area contributed by atoms with Gasteiger partial charge in [-0.25, -0.2) is 4.79 Å². The molecule has 1 heterocycles. The summed E-state index contributed by atoms with van der Waals surface area (Å²) >= 11 is 0. The zero-order valence-electron chi connectivity index (χ0n) is 7.51. The third-order valence-corrected chi connectivity index (χ3v) is 2.06. The van der Waals surface area contributed by atoms with Gasteiger partial charge >= 0.3 is 5.97 Å². The Kier molecular flexibility index (Phi) is 2.38. The van der Waals surface area contributed by atoms with E-state index in [0.717, 1.165) is 11.3 Å². The Balaban J connectivity index is 3.24. The van der Waals surface area contributed by atoms with E-state index < -0.39 is 5.97 Å². The van der Waals surface area contributed by atoms with Gasteiger partial charge in [0.1, 0.15) is 5.69 Å². The maximum atomic E-state index is 10.7. The molecule has 0 amide bonds. The zero-order chi connectivity index (χ0) is 10.0. The maximum absolute atomic E-state index is 10.7. The Morgan fingerprint density at radius 1 is 1.62 bits per heavy atom. The molecule has 0 unspecified atom stereocenters. The number of nitrogens with zero attached hydrogens (tertiary/aromatic N) is 1. The number of hydrogen-bond acceptors (Lipinski definition) is 2. The second kappa shape index (κ2) is 3.31. The predicted octanol–water partition coefficient (Wildman–Crippen LogP) is 1.40. The molecule has 1 aromatic rings. The lowest BCUT2D eigenvalue weighted by Gasteiger charge is -1.93. The van der Waals surface area contributed by atoms with Gasteiger partial charge in [-0.05, 0) is 25.0 Å². The molecule has 0 radical (unpaired) electrons. The van der Waals surface area contributed by atoms with Crippen molar-refractivity contribution < 1.29 is 9.90 Å². The molecule has 0 aliphatic carbocycles. The molecule has 4 nitrogen and oxygen atoms in total. The van der Waals surface area contributed by atoms with Gasteiger partial charge in [-0.2, -0.15) is 5.26 Å². The Bertz CT molecular complexity index is 385. The van der Waals surface area contributed by atoms with Crippen LogP contribution in [0.15, 0.2) is 0 Å². The molecule has 0 aliphatic rings. The number of rotatable bonds is 2. The number of hydrogen-bond donors (Lipinski definition) is 2. The smallest absolute Gasteiger partial charge is 0.352 e. The summed E-state index contributed by atoms with van der Waals surface area (Å²) in [6.45, 7) is 3.48. The number of H-pyrrole nitrogens is 1. The molecule has 0 saturated heterocycles. The monoisotopic (exact) mass is 178 g/mol. The molecule has 0 atom stereocenters. The number of carbonyl (C=O) groups is 1. The van der Waals surface area contributed by atoms with E-state index in [2.05, 4.69) is 4.98 Å². The molecular formula is C9H10N2O2. The number of aromatic carboxylic acids is 1. The number of aryl methyl sites for hydroxylation is 1. The largest absolute Gasteiger partial charge is 0.477 e. The highest BCUT2D eigenvalue weighted by atomic mass is 16.4. The van der Waals surface area contributed by atoms with E-state index in [4.69, 9.17) is 10.4 Å². The van der Waals surface area contributed by atoms with Gasteiger partial charge in [0.25, 0.3) is 0 Å². The summed E-state index contributed by atoms with van der Waals surface area (Å²) in [6, 6.07) is 2.00. The van der Waals surface area contributed by atoms with Gasteiger partial charge in [-0.1, -0.05) is 0 Å². The Labute approximate surface area is 75.8 Å². The lowest BCUT2D eigenvalue weighted by molar-refractivity contribution is 0.0690. The topological polar surface area (TPSA) is 76.9 Å². The SMILES string of the molecule is Cc1[nH]c(C(=O)O)c(C)c1CC#N. The van der Waals surface area contributed by atoms with Gasteiger partial charge in [-0.15, -0.1) is 0 Å². The highest BCUT2D eigenvalue weighted by molar-refractivity contribution is 5.88. The van der Waals surface area contributed by atoms with E-state index in [1.54, 1.807) is 13.8 Å². The summed E-state index contributed by atoms with van der Waals surface area (Å²) in [4.78, 5) is 13.4. The lowest BCUT2D eigenvalue weighted by Crippen LogP contribution is -1.98. The molecule has 0 saturated carbocycles. The summed E-state index contributed by atoms with van der Waals surface area (Å²) in [6.07, 6.45) is 0.251. The third-order valence-electron chi connectivity index (χ3n) is 2.06. The van der Waals surface area contributed by atoms with Crippen molar-refractivity contribution in [2.45, 2.75) is 20.3 Å². The van der Waals surface area contributed by atoms with E-state index in [0.29, 0.717) is 5.56 Å². The van der Waals surface area contributed by atoms with Crippen LogP contribution in [0.5, 0.6) is 0 Å². The number of nitriles is 1. The zero-order valence-corrected chi connectivity index (χ0v) is 7.51. The normalized spacial score (nSPS) is 9.62. The third kappa shape index (κ3) is 1.54. The van der Waals surface area contributed by atoms with E-state index >= 15 is 0 Å². The van der Waals surface area contributed by atoms with Crippen LogP contribution in [0.1, 0.15) is 27.3 Å². The van der Waals surface area contributed by atoms with Crippen LogP contribution < -0.4 is 0 Å². The van der Waals surface area contributed by atoms with Crippen molar-refractivity contribution in [1.29, 1.82) is 5.26 Å². The van der Waals surface area contributed by atoms with Crippen LogP contribution in [0.2, 0.25) is 0 Å². The van der Waals surface area contributed by atoms with Crippen LogP contribution in [0.4, 0.5) is 0 Å². The van der Waals surface area contributed by atoms with Crippen LogP contribution in [0.25, 0.3) is 0 Å². The average Bonchev–Trinajstić information content (AvgIpc) is 2.32. The number of carboxylic acid groups (broad SMARTS) is 1. The van der Waals surface area contributed by atoms with Crippen molar-refractivity contribution in [2.75, 3.05) is 0 Å². The van der Waals surface area contributed by atoms with Crippen molar-refractivity contribution >= 4 is 5.97 Å². The van der Waals surface area contributed by atoms with Gasteiger partial charge in [-0.3, -0.25) is 0 Å². The summed E-state index contributed by atoms with van der Waals surface area (Å²) < 4.78 is 0. The molecular weight excluding hydrogens is 168 g/mol. The quantitative estimate of drug-likeness (QED) is 0.718. The number of nitrogens with one attached hydrogen (secondary N) is 1. The number of aromatic nitrogens is 1. The minimum atomic E-state index is -0.982. The lowest BCUT2D eigenvalue weighted by atomic mass is 10.1. The van der Waals surface area contributed by atoms with E-state index in [9.17, 15) is 4.79 Å². The first-order valence-electron chi connectivity index (χ1n) is 3.86. The fraction of sp³-hybridized carbons (Fsp3) is 0.333. The van der Waals surface area contributed by atoms with Crippen molar-refractivity contribution in [3.63, 3.8) is 0 Å². The highest BCUT2D eigenvalue weighted by Crippen LogP contribution is 2.17. The Morgan fingerprint density at radius 2 is 2.23 bits per heavy atom. The average molecular weight is 178 g/mol. The molecule has 0 bridgehead atoms. The second-order valence-electron chi connectivity index (χ2n) is 2.87. The van der Waals surface area contributed by atoms with Crippen LogP contribution in [-0.2, 0) is 6.42 Å². The number of carboxylic acids is 1. The first-order chi connectivity index (χ1) is 6.07. The Morgan fingerprint density at radius 3 is 2.62 bits per heavy atom. The van der Waals surface area contributed by atoms with Crippen LogP contribution in [-0.4, -0.2) is 16.1 Å². The van der Waals surface area contributed by atoms with Gasteiger partial charge in [0.2, 0.25) is 0 Å². The van der Waals surface area contributed by atoms with Gasteiger partial charge in [0.15, 0.2) is 0 Å². The first-order valence-corrected chi connectivity index (χ1v) is 3.86. The van der Waals surface area contributed by atoms with Crippen LogP contribution in [0.3, 0.4) is 0 Å². The van der Waals surface area contributed by atoms with Crippen LogP contribution >= 0.6 is 0 Å².